The number of amides is 1. The number of thioether (sulfide) groups is 1. The van der Waals surface area contributed by atoms with E-state index in [-0.39, 0.29) is 11.7 Å². The molecule has 1 fully saturated rings. The van der Waals surface area contributed by atoms with Crippen LogP contribution in [-0.4, -0.2) is 31.5 Å². The first-order valence-corrected chi connectivity index (χ1v) is 10.5. The topological polar surface area (TPSA) is 76.9 Å². The van der Waals surface area contributed by atoms with Crippen LogP contribution in [0.1, 0.15) is 52.2 Å². The second-order valence-corrected chi connectivity index (χ2v) is 8.39. The summed E-state index contributed by atoms with van der Waals surface area (Å²) in [4.78, 5) is 33.8. The molecular weight excluding hydrogens is 384 g/mol. The molecule has 0 saturated heterocycles. The highest BCUT2D eigenvalue weighted by atomic mass is 32.2. The van der Waals surface area contributed by atoms with Crippen LogP contribution < -0.4 is 5.32 Å². The Morgan fingerprint density at radius 2 is 1.83 bits per heavy atom. The summed E-state index contributed by atoms with van der Waals surface area (Å²) in [5.74, 6) is 0.0328. The van der Waals surface area contributed by atoms with Crippen LogP contribution in [0.2, 0.25) is 0 Å². The number of carbonyl (C=O) groups is 2. The third-order valence-corrected chi connectivity index (χ3v) is 6.38. The predicted molar refractivity (Wildman–Crippen MR) is 113 cm³/mol. The highest BCUT2D eigenvalue weighted by Gasteiger charge is 2.21. The van der Waals surface area contributed by atoms with Crippen LogP contribution in [0.4, 0.5) is 5.69 Å². The maximum atomic E-state index is 12.8. The second kappa shape index (κ2) is 8.61. The maximum absolute atomic E-state index is 12.8. The smallest absolute Gasteiger partial charge is 0.258 e. The van der Waals surface area contributed by atoms with E-state index in [1.807, 2.05) is 0 Å². The lowest BCUT2D eigenvalue weighted by molar-refractivity contribution is 0.101. The Balaban J connectivity index is 1.46. The lowest BCUT2D eigenvalue weighted by Gasteiger charge is -2.12. The Labute approximate surface area is 173 Å². The molecule has 6 nitrogen and oxygen atoms in total. The van der Waals surface area contributed by atoms with Crippen molar-refractivity contribution < 1.29 is 9.59 Å². The van der Waals surface area contributed by atoms with Gasteiger partial charge in [-0.2, -0.15) is 0 Å². The van der Waals surface area contributed by atoms with E-state index in [9.17, 15) is 9.59 Å². The van der Waals surface area contributed by atoms with E-state index < -0.39 is 0 Å². The fourth-order valence-corrected chi connectivity index (χ4v) is 4.73. The van der Waals surface area contributed by atoms with E-state index in [4.69, 9.17) is 0 Å². The Bertz CT molecular complexity index is 1020. The van der Waals surface area contributed by atoms with E-state index >= 15 is 0 Å². The van der Waals surface area contributed by atoms with Crippen LogP contribution in [0.15, 0.2) is 60.0 Å². The van der Waals surface area contributed by atoms with Crippen molar-refractivity contribution in [1.29, 1.82) is 0 Å². The van der Waals surface area contributed by atoms with Gasteiger partial charge in [0.05, 0.1) is 5.56 Å². The fraction of sp³-hybridized carbons (Fsp3) is 0.273. The third kappa shape index (κ3) is 4.40. The lowest BCUT2D eigenvalue weighted by Crippen LogP contribution is -2.14. The van der Waals surface area contributed by atoms with Gasteiger partial charge in [0, 0.05) is 42.1 Å². The standard InChI is InChI=1S/C22H22N4O2S/c1-26-14-13-23-20(26)19(27)15-8-10-16(11-9-15)25-21(28)18-7-4-12-24-22(18)29-17-5-2-3-6-17/h4,7-14,17H,2-3,5-6H2,1H3,(H,25,28). The van der Waals surface area contributed by atoms with E-state index in [1.54, 1.807) is 78.4 Å². The molecule has 2 aromatic heterocycles. The third-order valence-electron chi connectivity index (χ3n) is 5.03. The first-order chi connectivity index (χ1) is 14.1. The van der Waals surface area contributed by atoms with Crippen LogP contribution >= 0.6 is 11.8 Å². The molecule has 1 aromatic carbocycles. The average Bonchev–Trinajstić information content (AvgIpc) is 3.40. The van der Waals surface area contributed by atoms with Crippen molar-refractivity contribution in [3.05, 3.63) is 71.9 Å². The molecule has 1 aliphatic rings. The molecule has 29 heavy (non-hydrogen) atoms. The highest BCUT2D eigenvalue weighted by Crippen LogP contribution is 2.35. The zero-order valence-electron chi connectivity index (χ0n) is 16.2. The monoisotopic (exact) mass is 406 g/mol. The van der Waals surface area contributed by atoms with Crippen molar-refractivity contribution in [2.24, 2.45) is 7.05 Å². The molecule has 1 amide bonds. The summed E-state index contributed by atoms with van der Waals surface area (Å²) < 4.78 is 1.68. The van der Waals surface area contributed by atoms with Crippen LogP contribution in [0, 0.1) is 0 Å². The molecule has 7 heteroatoms. The number of hydrogen-bond acceptors (Lipinski definition) is 5. The van der Waals surface area contributed by atoms with Crippen LogP contribution in [0.25, 0.3) is 0 Å². The van der Waals surface area contributed by atoms with Gasteiger partial charge in [0.1, 0.15) is 5.03 Å². The number of nitrogens with one attached hydrogen (secondary N) is 1. The number of nitrogens with zero attached hydrogens (tertiary/aromatic N) is 3. The molecule has 0 bridgehead atoms. The number of imidazole rings is 1. The predicted octanol–water partition coefficient (Wildman–Crippen LogP) is 4.33. The van der Waals surface area contributed by atoms with Crippen molar-refractivity contribution in [2.75, 3.05) is 5.32 Å². The molecular formula is C22H22N4O2S. The number of carbonyl (C=O) groups excluding carboxylic acids is 2. The Hall–Kier alpha value is -2.93. The second-order valence-electron chi connectivity index (χ2n) is 7.10. The summed E-state index contributed by atoms with van der Waals surface area (Å²) in [6.07, 6.45) is 9.90. The van der Waals surface area contributed by atoms with Crippen molar-refractivity contribution in [1.82, 2.24) is 14.5 Å². The van der Waals surface area contributed by atoms with Crippen molar-refractivity contribution >= 4 is 29.1 Å². The van der Waals surface area contributed by atoms with Crippen LogP contribution in [0.3, 0.4) is 0 Å². The van der Waals surface area contributed by atoms with E-state index in [0.29, 0.717) is 27.9 Å². The first kappa shape index (κ1) is 19.4. The van der Waals surface area contributed by atoms with Gasteiger partial charge in [-0.3, -0.25) is 9.59 Å². The summed E-state index contributed by atoms with van der Waals surface area (Å²) in [7, 11) is 1.78. The molecule has 1 aliphatic carbocycles. The van der Waals surface area contributed by atoms with Gasteiger partial charge < -0.3 is 9.88 Å². The Morgan fingerprint density at radius 3 is 2.52 bits per heavy atom. The average molecular weight is 407 g/mol. The SMILES string of the molecule is Cn1ccnc1C(=O)c1ccc(NC(=O)c2cccnc2SC2CCCC2)cc1. The van der Waals surface area contributed by atoms with Crippen LogP contribution in [0.5, 0.6) is 0 Å². The van der Waals surface area contributed by atoms with Crippen molar-refractivity contribution in [2.45, 2.75) is 36.0 Å². The maximum Gasteiger partial charge on any atom is 0.258 e. The largest absolute Gasteiger partial charge is 0.331 e. The van der Waals surface area contributed by atoms with Gasteiger partial charge in [0.2, 0.25) is 5.78 Å². The highest BCUT2D eigenvalue weighted by molar-refractivity contribution is 7.99. The first-order valence-electron chi connectivity index (χ1n) is 9.67. The van der Waals surface area contributed by atoms with Crippen molar-refractivity contribution in [3.63, 3.8) is 0 Å². The minimum Gasteiger partial charge on any atom is -0.331 e. The Morgan fingerprint density at radius 1 is 1.07 bits per heavy atom. The molecule has 0 aliphatic heterocycles. The quantitative estimate of drug-likeness (QED) is 0.617. The van der Waals surface area contributed by atoms with E-state index in [0.717, 1.165) is 5.03 Å². The Kier molecular flexibility index (Phi) is 5.76. The molecule has 0 atom stereocenters. The number of rotatable bonds is 6. The number of aryl methyl sites for hydroxylation is 1. The van der Waals surface area contributed by atoms with Gasteiger partial charge in [-0.15, -0.1) is 11.8 Å². The van der Waals surface area contributed by atoms with Gasteiger partial charge in [0.25, 0.3) is 5.91 Å². The summed E-state index contributed by atoms with van der Waals surface area (Å²) in [5.41, 5.74) is 1.74. The number of ketones is 1. The summed E-state index contributed by atoms with van der Waals surface area (Å²) in [6.45, 7) is 0. The molecule has 4 rings (SSSR count). The number of benzene rings is 1. The number of anilines is 1. The van der Waals surface area contributed by atoms with E-state index in [2.05, 4.69) is 15.3 Å². The molecule has 0 radical (unpaired) electrons. The molecule has 148 valence electrons. The van der Waals surface area contributed by atoms with E-state index in [1.165, 1.54) is 25.7 Å². The minimum absolute atomic E-state index is 0.155. The zero-order chi connectivity index (χ0) is 20.2. The summed E-state index contributed by atoms with van der Waals surface area (Å²) in [5, 5.41) is 4.22. The van der Waals surface area contributed by atoms with Gasteiger partial charge in [-0.1, -0.05) is 12.8 Å². The number of aromatic nitrogens is 3. The zero-order valence-corrected chi connectivity index (χ0v) is 17.0. The fourth-order valence-electron chi connectivity index (χ4n) is 3.44. The molecule has 3 aromatic rings. The lowest BCUT2D eigenvalue weighted by atomic mass is 10.1. The van der Waals surface area contributed by atoms with Crippen molar-refractivity contribution in [3.8, 4) is 0 Å². The molecule has 0 spiro atoms. The van der Waals surface area contributed by atoms with Gasteiger partial charge in [0.15, 0.2) is 5.82 Å². The molecule has 2 heterocycles. The summed E-state index contributed by atoms with van der Waals surface area (Å²) >= 11 is 1.70. The summed E-state index contributed by atoms with van der Waals surface area (Å²) in [6, 6.07) is 10.4. The number of pyridine rings is 1. The van der Waals surface area contributed by atoms with Gasteiger partial charge in [-0.05, 0) is 49.2 Å². The van der Waals surface area contributed by atoms with Gasteiger partial charge >= 0.3 is 0 Å². The molecule has 0 unspecified atom stereocenters. The van der Waals surface area contributed by atoms with Gasteiger partial charge in [-0.25, -0.2) is 9.97 Å². The molecule has 1 N–H and O–H groups in total. The molecule has 1 saturated carbocycles. The normalized spacial score (nSPS) is 14.1. The number of hydrogen-bond donors (Lipinski definition) is 1. The van der Waals surface area contributed by atoms with Crippen LogP contribution in [-0.2, 0) is 7.05 Å². The minimum atomic E-state index is -0.193.